The second-order valence-corrected chi connectivity index (χ2v) is 8.02. The number of sulfonamides is 1. The SMILES string of the molecule is CN(C)CCCN1CC(C(=O)Nc2ccc(S(N)(=O)=O)cc2)CC1=O. The van der Waals surface area contributed by atoms with Gasteiger partial charge in [-0.25, -0.2) is 13.6 Å². The Hall–Kier alpha value is -1.97. The fourth-order valence-corrected chi connectivity index (χ4v) is 3.23. The van der Waals surface area contributed by atoms with E-state index in [0.29, 0.717) is 18.8 Å². The van der Waals surface area contributed by atoms with E-state index in [0.717, 1.165) is 13.0 Å². The zero-order chi connectivity index (χ0) is 18.6. The lowest BCUT2D eigenvalue weighted by Crippen LogP contribution is -2.30. The summed E-state index contributed by atoms with van der Waals surface area (Å²) in [5.41, 5.74) is 0.468. The van der Waals surface area contributed by atoms with Crippen molar-refractivity contribution < 1.29 is 18.0 Å². The number of rotatable bonds is 7. The number of carbonyl (C=O) groups is 2. The van der Waals surface area contributed by atoms with Crippen molar-refractivity contribution in [3.05, 3.63) is 24.3 Å². The van der Waals surface area contributed by atoms with Gasteiger partial charge in [0.15, 0.2) is 0 Å². The molecule has 25 heavy (non-hydrogen) atoms. The normalized spacial score (nSPS) is 18.0. The highest BCUT2D eigenvalue weighted by Crippen LogP contribution is 2.21. The van der Waals surface area contributed by atoms with Gasteiger partial charge in [-0.05, 0) is 51.3 Å². The lowest BCUT2D eigenvalue weighted by molar-refractivity contribution is -0.128. The molecule has 1 heterocycles. The number of nitrogens with one attached hydrogen (secondary N) is 1. The minimum absolute atomic E-state index is 0.0107. The fraction of sp³-hybridized carbons (Fsp3) is 0.500. The smallest absolute Gasteiger partial charge is 0.238 e. The number of amides is 2. The first-order valence-corrected chi connectivity index (χ1v) is 9.57. The first-order valence-electron chi connectivity index (χ1n) is 8.03. The van der Waals surface area contributed by atoms with Crippen molar-refractivity contribution in [3.8, 4) is 0 Å². The second-order valence-electron chi connectivity index (χ2n) is 6.46. The van der Waals surface area contributed by atoms with Crippen LogP contribution in [0.25, 0.3) is 0 Å². The summed E-state index contributed by atoms with van der Waals surface area (Å²) >= 11 is 0. The summed E-state index contributed by atoms with van der Waals surface area (Å²) in [7, 11) is 0.190. The van der Waals surface area contributed by atoms with E-state index in [-0.39, 0.29) is 23.1 Å². The van der Waals surface area contributed by atoms with Crippen LogP contribution < -0.4 is 10.5 Å². The van der Waals surface area contributed by atoms with Crippen molar-refractivity contribution in [2.45, 2.75) is 17.7 Å². The molecule has 1 aliphatic heterocycles. The summed E-state index contributed by atoms with van der Waals surface area (Å²) in [6.07, 6.45) is 1.06. The van der Waals surface area contributed by atoms with E-state index in [1.165, 1.54) is 24.3 Å². The summed E-state index contributed by atoms with van der Waals surface area (Å²) in [5.74, 6) is -0.653. The number of hydrogen-bond donors (Lipinski definition) is 2. The van der Waals surface area contributed by atoms with E-state index in [9.17, 15) is 18.0 Å². The Morgan fingerprint density at radius 2 is 1.96 bits per heavy atom. The van der Waals surface area contributed by atoms with Gasteiger partial charge in [-0.3, -0.25) is 9.59 Å². The molecule has 0 bridgehead atoms. The van der Waals surface area contributed by atoms with Crippen LogP contribution in [-0.4, -0.2) is 63.8 Å². The maximum Gasteiger partial charge on any atom is 0.238 e. The van der Waals surface area contributed by atoms with Crippen LogP contribution in [0.2, 0.25) is 0 Å². The van der Waals surface area contributed by atoms with Gasteiger partial charge >= 0.3 is 0 Å². The first kappa shape index (κ1) is 19.4. The van der Waals surface area contributed by atoms with Crippen molar-refractivity contribution in [1.82, 2.24) is 9.80 Å². The summed E-state index contributed by atoms with van der Waals surface area (Å²) < 4.78 is 22.4. The second kappa shape index (κ2) is 7.94. The minimum atomic E-state index is -3.76. The molecule has 1 aromatic rings. The summed E-state index contributed by atoms with van der Waals surface area (Å²) in [6, 6.07) is 5.61. The highest BCUT2D eigenvalue weighted by Gasteiger charge is 2.33. The van der Waals surface area contributed by atoms with Gasteiger partial charge in [0.1, 0.15) is 0 Å². The number of likely N-dealkylation sites (tertiary alicyclic amines) is 1. The largest absolute Gasteiger partial charge is 0.342 e. The van der Waals surface area contributed by atoms with Gasteiger partial charge in [-0.1, -0.05) is 0 Å². The Labute approximate surface area is 148 Å². The quantitative estimate of drug-likeness (QED) is 0.707. The molecule has 0 aliphatic carbocycles. The molecular formula is C16H24N4O4S. The number of benzene rings is 1. The molecule has 1 saturated heterocycles. The molecule has 0 radical (unpaired) electrons. The van der Waals surface area contributed by atoms with Gasteiger partial charge in [-0.2, -0.15) is 0 Å². The molecule has 2 rings (SSSR count). The van der Waals surface area contributed by atoms with E-state index < -0.39 is 15.9 Å². The molecule has 138 valence electrons. The van der Waals surface area contributed by atoms with Crippen molar-refractivity contribution in [3.63, 3.8) is 0 Å². The van der Waals surface area contributed by atoms with Crippen LogP contribution in [-0.2, 0) is 19.6 Å². The van der Waals surface area contributed by atoms with Gasteiger partial charge in [0.05, 0.1) is 10.8 Å². The Balaban J connectivity index is 1.90. The Bertz CT molecular complexity index is 731. The van der Waals surface area contributed by atoms with Crippen LogP contribution in [0, 0.1) is 5.92 Å². The average molecular weight is 368 g/mol. The number of nitrogens with two attached hydrogens (primary N) is 1. The highest BCUT2D eigenvalue weighted by molar-refractivity contribution is 7.89. The number of nitrogens with zero attached hydrogens (tertiary/aromatic N) is 2. The summed E-state index contributed by atoms with van der Waals surface area (Å²) in [4.78, 5) is 28.1. The molecule has 1 aliphatic rings. The topological polar surface area (TPSA) is 113 Å². The number of anilines is 1. The zero-order valence-corrected chi connectivity index (χ0v) is 15.3. The third kappa shape index (κ3) is 5.52. The molecule has 9 heteroatoms. The molecule has 1 fully saturated rings. The Morgan fingerprint density at radius 3 is 2.52 bits per heavy atom. The highest BCUT2D eigenvalue weighted by atomic mass is 32.2. The van der Waals surface area contributed by atoms with Crippen molar-refractivity contribution in [1.29, 1.82) is 0 Å². The van der Waals surface area contributed by atoms with Crippen molar-refractivity contribution in [2.75, 3.05) is 39.0 Å². The van der Waals surface area contributed by atoms with Gasteiger partial charge in [0.2, 0.25) is 21.8 Å². The van der Waals surface area contributed by atoms with Crippen LogP contribution in [0.5, 0.6) is 0 Å². The maximum absolute atomic E-state index is 12.3. The van der Waals surface area contributed by atoms with E-state index in [4.69, 9.17) is 5.14 Å². The molecule has 3 N–H and O–H groups in total. The molecule has 1 atom stereocenters. The van der Waals surface area contributed by atoms with E-state index in [2.05, 4.69) is 10.2 Å². The fourth-order valence-electron chi connectivity index (χ4n) is 2.71. The molecule has 2 amide bonds. The monoisotopic (exact) mass is 368 g/mol. The predicted molar refractivity (Wildman–Crippen MR) is 94.3 cm³/mol. The van der Waals surface area contributed by atoms with Crippen molar-refractivity contribution in [2.24, 2.45) is 11.1 Å². The van der Waals surface area contributed by atoms with Gasteiger partial charge in [-0.15, -0.1) is 0 Å². The maximum atomic E-state index is 12.3. The Morgan fingerprint density at radius 1 is 1.32 bits per heavy atom. The van der Waals surface area contributed by atoms with Gasteiger partial charge < -0.3 is 15.1 Å². The van der Waals surface area contributed by atoms with E-state index in [1.807, 2.05) is 14.1 Å². The minimum Gasteiger partial charge on any atom is -0.342 e. The van der Waals surface area contributed by atoms with Crippen LogP contribution >= 0.6 is 0 Å². The molecule has 1 unspecified atom stereocenters. The zero-order valence-electron chi connectivity index (χ0n) is 14.4. The summed E-state index contributed by atoms with van der Waals surface area (Å²) in [6.45, 7) is 1.94. The lowest BCUT2D eigenvalue weighted by atomic mass is 10.1. The molecule has 8 nitrogen and oxygen atoms in total. The third-order valence-electron chi connectivity index (χ3n) is 4.07. The van der Waals surface area contributed by atoms with Crippen LogP contribution in [0.1, 0.15) is 12.8 Å². The molecule has 0 aromatic heterocycles. The Kier molecular flexibility index (Phi) is 6.15. The molecule has 1 aromatic carbocycles. The number of hydrogen-bond acceptors (Lipinski definition) is 5. The van der Waals surface area contributed by atoms with Crippen LogP contribution in [0.4, 0.5) is 5.69 Å². The van der Waals surface area contributed by atoms with E-state index >= 15 is 0 Å². The molecular weight excluding hydrogens is 344 g/mol. The predicted octanol–water partition coefficient (Wildman–Crippen LogP) is 0.0727. The standard InChI is InChI=1S/C16H24N4O4S/c1-19(2)8-3-9-20-11-12(10-15(20)21)16(22)18-13-4-6-14(7-5-13)25(17,23)24/h4-7,12H,3,8-11H2,1-2H3,(H,18,22)(H2,17,23,24). The molecule has 0 spiro atoms. The summed E-state index contributed by atoms with van der Waals surface area (Å²) in [5, 5.41) is 7.75. The van der Waals surface area contributed by atoms with Gasteiger partial charge in [0, 0.05) is 25.2 Å². The number of carbonyl (C=O) groups excluding carboxylic acids is 2. The van der Waals surface area contributed by atoms with Crippen LogP contribution in [0.3, 0.4) is 0 Å². The molecule has 0 saturated carbocycles. The third-order valence-corrected chi connectivity index (χ3v) is 5.00. The average Bonchev–Trinajstić information content (AvgIpc) is 2.88. The lowest BCUT2D eigenvalue weighted by Gasteiger charge is -2.18. The van der Waals surface area contributed by atoms with Crippen molar-refractivity contribution >= 4 is 27.5 Å². The van der Waals surface area contributed by atoms with E-state index in [1.54, 1.807) is 4.90 Å². The van der Waals surface area contributed by atoms with Crippen LogP contribution in [0.15, 0.2) is 29.2 Å². The first-order chi connectivity index (χ1) is 11.7. The van der Waals surface area contributed by atoms with Gasteiger partial charge in [0.25, 0.3) is 0 Å². The number of primary sulfonamides is 1.